The molecule has 0 spiro atoms. The van der Waals surface area contributed by atoms with Crippen molar-refractivity contribution in [2.24, 2.45) is 0 Å². The van der Waals surface area contributed by atoms with Crippen molar-refractivity contribution in [3.63, 3.8) is 0 Å². The number of aryl methyl sites for hydroxylation is 2. The average Bonchev–Trinajstić information content (AvgIpc) is 2.95. The molecule has 0 aliphatic carbocycles. The second-order valence-corrected chi connectivity index (χ2v) is 6.68. The number of hydrogen-bond donors (Lipinski definition) is 1. The van der Waals surface area contributed by atoms with Gasteiger partial charge in [-0.15, -0.1) is 0 Å². The summed E-state index contributed by atoms with van der Waals surface area (Å²) in [5.74, 6) is -1.06. The summed E-state index contributed by atoms with van der Waals surface area (Å²) in [4.78, 5) is 28.4. The first-order valence-corrected chi connectivity index (χ1v) is 8.20. The van der Waals surface area contributed by atoms with Crippen molar-refractivity contribution in [1.82, 2.24) is 9.38 Å². The van der Waals surface area contributed by atoms with Gasteiger partial charge in [0, 0.05) is 11.8 Å². The van der Waals surface area contributed by atoms with Crippen LogP contribution in [0.15, 0.2) is 29.2 Å². The molecular formula is C18H16N2O3S. The minimum atomic E-state index is -1.06. The Bertz CT molecular complexity index is 1040. The topological polar surface area (TPSA) is 71.7 Å². The molecule has 1 aromatic carbocycles. The highest BCUT2D eigenvalue weighted by atomic mass is 32.1. The van der Waals surface area contributed by atoms with E-state index in [0.717, 1.165) is 22.5 Å². The van der Waals surface area contributed by atoms with Gasteiger partial charge in [0.05, 0.1) is 5.69 Å². The highest BCUT2D eigenvalue weighted by molar-refractivity contribution is 7.18. The van der Waals surface area contributed by atoms with Crippen LogP contribution < -0.4 is 5.56 Å². The SMILES string of the molecule is Cc1ccc(C=Cc2nc3sc(C(=O)O)cn3c(=O)c2C)c(C)c1. The third-order valence-electron chi connectivity index (χ3n) is 3.85. The number of nitrogens with zero attached hydrogens (tertiary/aromatic N) is 2. The number of aromatic carboxylic acids is 1. The lowest BCUT2D eigenvalue weighted by Gasteiger charge is -2.03. The number of carboxylic acids is 1. The van der Waals surface area contributed by atoms with Crippen molar-refractivity contribution in [3.8, 4) is 0 Å². The normalized spacial score (nSPS) is 11.5. The Kier molecular flexibility index (Phi) is 4.07. The Morgan fingerprint density at radius 1 is 1.25 bits per heavy atom. The van der Waals surface area contributed by atoms with E-state index >= 15 is 0 Å². The lowest BCUT2D eigenvalue weighted by atomic mass is 10.0. The van der Waals surface area contributed by atoms with Gasteiger partial charge in [-0.1, -0.05) is 41.2 Å². The molecule has 0 amide bonds. The fourth-order valence-corrected chi connectivity index (χ4v) is 3.31. The number of hydrogen-bond acceptors (Lipinski definition) is 4. The zero-order valence-electron chi connectivity index (χ0n) is 13.5. The van der Waals surface area contributed by atoms with Crippen molar-refractivity contribution in [1.29, 1.82) is 0 Å². The van der Waals surface area contributed by atoms with Gasteiger partial charge in [-0.2, -0.15) is 0 Å². The van der Waals surface area contributed by atoms with E-state index in [1.807, 2.05) is 32.1 Å². The Labute approximate surface area is 142 Å². The summed E-state index contributed by atoms with van der Waals surface area (Å²) in [6, 6.07) is 6.15. The number of aromatic nitrogens is 2. The summed E-state index contributed by atoms with van der Waals surface area (Å²) in [5.41, 5.74) is 4.19. The molecule has 0 radical (unpaired) electrons. The molecular weight excluding hydrogens is 324 g/mol. The molecule has 0 unspecified atom stereocenters. The van der Waals surface area contributed by atoms with Crippen LogP contribution in [0.2, 0.25) is 0 Å². The number of rotatable bonds is 3. The molecule has 0 saturated carbocycles. The Morgan fingerprint density at radius 2 is 2.00 bits per heavy atom. The quantitative estimate of drug-likeness (QED) is 0.791. The minimum absolute atomic E-state index is 0.0921. The molecule has 0 atom stereocenters. The lowest BCUT2D eigenvalue weighted by molar-refractivity contribution is 0.0701. The zero-order valence-corrected chi connectivity index (χ0v) is 14.3. The minimum Gasteiger partial charge on any atom is -0.477 e. The van der Waals surface area contributed by atoms with Crippen LogP contribution in [0.3, 0.4) is 0 Å². The summed E-state index contributed by atoms with van der Waals surface area (Å²) < 4.78 is 1.29. The zero-order chi connectivity index (χ0) is 17.4. The highest BCUT2D eigenvalue weighted by Gasteiger charge is 2.13. The maximum absolute atomic E-state index is 12.4. The first-order valence-electron chi connectivity index (χ1n) is 7.38. The average molecular weight is 340 g/mol. The summed E-state index contributed by atoms with van der Waals surface area (Å²) in [6.07, 6.45) is 5.04. The number of fused-ring (bicyclic) bond motifs is 1. The van der Waals surface area contributed by atoms with Gasteiger partial charge in [-0.3, -0.25) is 9.20 Å². The summed E-state index contributed by atoms with van der Waals surface area (Å²) >= 11 is 0.988. The van der Waals surface area contributed by atoms with Crippen molar-refractivity contribution < 1.29 is 9.90 Å². The largest absolute Gasteiger partial charge is 0.477 e. The predicted octanol–water partition coefficient (Wildman–Crippen LogP) is 3.55. The third-order valence-corrected chi connectivity index (χ3v) is 4.82. The first-order chi connectivity index (χ1) is 11.4. The van der Waals surface area contributed by atoms with Crippen LogP contribution in [0.5, 0.6) is 0 Å². The van der Waals surface area contributed by atoms with Crippen molar-refractivity contribution in [3.05, 3.63) is 67.6 Å². The molecule has 6 heteroatoms. The first kappa shape index (κ1) is 16.1. The number of carbonyl (C=O) groups is 1. The maximum atomic E-state index is 12.4. The molecule has 0 aliphatic heterocycles. The van der Waals surface area contributed by atoms with Gasteiger partial charge in [0.2, 0.25) is 0 Å². The molecule has 0 fully saturated rings. The van der Waals surface area contributed by atoms with Crippen LogP contribution in [0.1, 0.15) is 37.6 Å². The van der Waals surface area contributed by atoms with Crippen LogP contribution in [0.25, 0.3) is 17.1 Å². The second-order valence-electron chi connectivity index (χ2n) is 5.67. The Balaban J connectivity index is 2.09. The van der Waals surface area contributed by atoms with Crippen LogP contribution in [-0.2, 0) is 0 Å². The summed E-state index contributed by atoms with van der Waals surface area (Å²) in [7, 11) is 0. The Hall–Kier alpha value is -2.73. The van der Waals surface area contributed by atoms with Crippen molar-refractivity contribution in [2.45, 2.75) is 20.8 Å². The van der Waals surface area contributed by atoms with Gasteiger partial charge in [0.1, 0.15) is 4.88 Å². The van der Waals surface area contributed by atoms with Crippen LogP contribution in [0, 0.1) is 20.8 Å². The monoisotopic (exact) mass is 340 g/mol. The standard InChI is InChI=1S/C18H16N2O3S/c1-10-4-5-13(11(2)8-10)6-7-14-12(3)16(21)20-9-15(17(22)23)24-18(20)19-14/h4-9H,1-3H3,(H,22,23). The molecule has 2 heterocycles. The molecule has 3 aromatic rings. The third kappa shape index (κ3) is 2.88. The summed E-state index contributed by atoms with van der Waals surface area (Å²) in [5, 5.41) is 9.07. The molecule has 1 N–H and O–H groups in total. The molecule has 24 heavy (non-hydrogen) atoms. The number of thiazole rings is 1. The van der Waals surface area contributed by atoms with Crippen molar-refractivity contribution in [2.75, 3.05) is 0 Å². The molecule has 0 bridgehead atoms. The summed E-state index contributed by atoms with van der Waals surface area (Å²) in [6.45, 7) is 5.77. The van der Waals surface area contributed by atoms with E-state index in [1.165, 1.54) is 16.2 Å². The number of carboxylic acid groups (broad SMARTS) is 1. The molecule has 2 aromatic heterocycles. The van der Waals surface area contributed by atoms with Gasteiger partial charge >= 0.3 is 5.97 Å². The van der Waals surface area contributed by atoms with E-state index in [9.17, 15) is 9.59 Å². The van der Waals surface area contributed by atoms with E-state index < -0.39 is 5.97 Å². The Morgan fingerprint density at radius 3 is 2.67 bits per heavy atom. The fraction of sp³-hybridized carbons (Fsp3) is 0.167. The van der Waals surface area contributed by atoms with Crippen molar-refractivity contribution >= 4 is 34.4 Å². The van der Waals surface area contributed by atoms with Gasteiger partial charge in [0.25, 0.3) is 5.56 Å². The fourth-order valence-electron chi connectivity index (χ4n) is 2.49. The van der Waals surface area contributed by atoms with E-state index in [4.69, 9.17) is 5.11 Å². The predicted molar refractivity (Wildman–Crippen MR) is 95.9 cm³/mol. The molecule has 0 aliphatic rings. The highest BCUT2D eigenvalue weighted by Crippen LogP contribution is 2.18. The maximum Gasteiger partial charge on any atom is 0.347 e. The van der Waals surface area contributed by atoms with Gasteiger partial charge in [-0.05, 0) is 38.0 Å². The molecule has 3 rings (SSSR count). The van der Waals surface area contributed by atoms with Gasteiger partial charge in [-0.25, -0.2) is 9.78 Å². The lowest BCUT2D eigenvalue weighted by Crippen LogP contribution is -2.17. The van der Waals surface area contributed by atoms with Gasteiger partial charge < -0.3 is 5.11 Å². The molecule has 122 valence electrons. The van der Waals surface area contributed by atoms with E-state index in [-0.39, 0.29) is 10.4 Å². The van der Waals surface area contributed by atoms with Crippen LogP contribution in [0.4, 0.5) is 0 Å². The van der Waals surface area contributed by atoms with E-state index in [2.05, 4.69) is 11.1 Å². The smallest absolute Gasteiger partial charge is 0.347 e. The van der Waals surface area contributed by atoms with E-state index in [1.54, 1.807) is 13.0 Å². The van der Waals surface area contributed by atoms with Crippen LogP contribution >= 0.6 is 11.3 Å². The van der Waals surface area contributed by atoms with E-state index in [0.29, 0.717) is 16.2 Å². The van der Waals surface area contributed by atoms with Gasteiger partial charge in [0.15, 0.2) is 4.96 Å². The van der Waals surface area contributed by atoms with Crippen LogP contribution in [-0.4, -0.2) is 20.5 Å². The number of benzene rings is 1. The molecule has 5 nitrogen and oxygen atoms in total. The molecule has 0 saturated heterocycles. The second kappa shape index (κ2) is 6.05.